The van der Waals surface area contributed by atoms with Crippen LogP contribution in [-0.2, 0) is 32.1 Å². The molecule has 0 heterocycles. The van der Waals surface area contributed by atoms with E-state index in [9.17, 15) is 0 Å². The average Bonchev–Trinajstić information content (AvgIpc) is 3.10. The monoisotopic (exact) mass is 277 g/mol. The fourth-order valence-corrected chi connectivity index (χ4v) is 4.28. The Labute approximate surface area is 127 Å². The molecule has 0 bridgehead atoms. The number of rotatable bonds is 3. The third-order valence-corrected chi connectivity index (χ3v) is 5.42. The molecule has 2 aromatic rings. The fourth-order valence-electron chi connectivity index (χ4n) is 4.28. The van der Waals surface area contributed by atoms with Gasteiger partial charge in [-0.15, -0.1) is 0 Å². The van der Waals surface area contributed by atoms with E-state index in [4.69, 9.17) is 5.73 Å². The lowest BCUT2D eigenvalue weighted by Crippen LogP contribution is -2.33. The molecule has 2 N–H and O–H groups in total. The van der Waals surface area contributed by atoms with E-state index in [2.05, 4.69) is 42.5 Å². The Bertz CT molecular complexity index is 646. The maximum Gasteiger partial charge on any atom is -0.00109 e. The lowest BCUT2D eigenvalue weighted by Gasteiger charge is -2.27. The molecule has 2 aromatic carbocycles. The second-order valence-electron chi connectivity index (χ2n) is 6.96. The summed E-state index contributed by atoms with van der Waals surface area (Å²) in [4.78, 5) is 0. The summed E-state index contributed by atoms with van der Waals surface area (Å²) in [5.74, 6) is 0. The molecule has 0 aromatic heterocycles. The molecule has 1 nitrogen and oxygen atoms in total. The Morgan fingerprint density at radius 1 is 0.857 bits per heavy atom. The van der Waals surface area contributed by atoms with Crippen LogP contribution in [0.25, 0.3) is 0 Å². The van der Waals surface area contributed by atoms with Gasteiger partial charge in [-0.25, -0.2) is 0 Å². The van der Waals surface area contributed by atoms with Gasteiger partial charge in [-0.1, -0.05) is 42.5 Å². The molecule has 0 saturated heterocycles. The Hall–Kier alpha value is -1.60. The summed E-state index contributed by atoms with van der Waals surface area (Å²) < 4.78 is 0. The lowest BCUT2D eigenvalue weighted by atomic mass is 9.78. The van der Waals surface area contributed by atoms with Crippen molar-refractivity contribution in [3.63, 3.8) is 0 Å². The Morgan fingerprint density at radius 3 is 2.29 bits per heavy atom. The minimum Gasteiger partial charge on any atom is -0.330 e. The zero-order chi connectivity index (χ0) is 14.3. The van der Waals surface area contributed by atoms with Gasteiger partial charge < -0.3 is 5.73 Å². The predicted octanol–water partition coefficient (Wildman–Crippen LogP) is 3.46. The molecule has 21 heavy (non-hydrogen) atoms. The van der Waals surface area contributed by atoms with Crippen LogP contribution >= 0.6 is 0 Å². The van der Waals surface area contributed by atoms with E-state index in [1.807, 2.05) is 0 Å². The van der Waals surface area contributed by atoms with Crippen molar-refractivity contribution in [1.29, 1.82) is 0 Å². The van der Waals surface area contributed by atoms with Gasteiger partial charge in [0, 0.05) is 0 Å². The smallest absolute Gasteiger partial charge is 0.00109 e. The Kier molecular flexibility index (Phi) is 3.11. The first-order valence-corrected chi connectivity index (χ1v) is 8.16. The first-order valence-electron chi connectivity index (χ1n) is 8.16. The molecule has 0 spiro atoms. The summed E-state index contributed by atoms with van der Waals surface area (Å²) in [5, 5.41) is 0. The van der Waals surface area contributed by atoms with Gasteiger partial charge in [0.15, 0.2) is 0 Å². The van der Waals surface area contributed by atoms with Gasteiger partial charge in [0.1, 0.15) is 0 Å². The van der Waals surface area contributed by atoms with Crippen LogP contribution in [0.1, 0.15) is 34.2 Å². The van der Waals surface area contributed by atoms with E-state index in [-0.39, 0.29) is 5.41 Å². The molecule has 0 aliphatic heterocycles. The number of fused-ring (bicyclic) bond motifs is 2. The predicted molar refractivity (Wildman–Crippen MR) is 87.5 cm³/mol. The quantitative estimate of drug-likeness (QED) is 0.913. The summed E-state index contributed by atoms with van der Waals surface area (Å²) in [6.07, 6.45) is 7.24. The van der Waals surface area contributed by atoms with E-state index in [0.717, 1.165) is 25.8 Å². The van der Waals surface area contributed by atoms with Crippen LogP contribution in [0, 0.1) is 5.41 Å². The number of nitrogens with two attached hydrogens (primary N) is 1. The van der Waals surface area contributed by atoms with Crippen LogP contribution in [0.3, 0.4) is 0 Å². The molecule has 108 valence electrons. The van der Waals surface area contributed by atoms with Crippen molar-refractivity contribution in [2.24, 2.45) is 11.1 Å². The topological polar surface area (TPSA) is 26.0 Å². The third-order valence-electron chi connectivity index (χ3n) is 5.42. The molecule has 2 aliphatic rings. The molecule has 0 radical (unpaired) electrons. The minimum absolute atomic E-state index is 0.233. The van der Waals surface area contributed by atoms with E-state index < -0.39 is 0 Å². The number of hydrogen-bond donors (Lipinski definition) is 1. The van der Waals surface area contributed by atoms with Crippen molar-refractivity contribution in [2.45, 2.75) is 38.5 Å². The summed E-state index contributed by atoms with van der Waals surface area (Å²) in [6.45, 7) is 0.777. The molecule has 0 saturated carbocycles. The van der Waals surface area contributed by atoms with Gasteiger partial charge in [-0.05, 0) is 78.3 Å². The van der Waals surface area contributed by atoms with E-state index in [1.165, 1.54) is 36.0 Å². The maximum atomic E-state index is 6.21. The number of benzene rings is 2. The number of aryl methyl sites for hydroxylation is 2. The van der Waals surface area contributed by atoms with Crippen LogP contribution in [0.4, 0.5) is 0 Å². The van der Waals surface area contributed by atoms with Gasteiger partial charge >= 0.3 is 0 Å². The zero-order valence-corrected chi connectivity index (χ0v) is 12.6. The molecule has 0 unspecified atom stereocenters. The molecule has 0 atom stereocenters. The Balaban J connectivity index is 1.61. The normalized spacial score (nSPS) is 18.5. The van der Waals surface area contributed by atoms with Gasteiger partial charge in [0.25, 0.3) is 0 Å². The Morgan fingerprint density at radius 2 is 1.57 bits per heavy atom. The summed E-state index contributed by atoms with van der Waals surface area (Å²) in [5.41, 5.74) is 14.1. The average molecular weight is 277 g/mol. The molecule has 0 fully saturated rings. The van der Waals surface area contributed by atoms with Gasteiger partial charge in [0.05, 0.1) is 0 Å². The summed E-state index contributed by atoms with van der Waals surface area (Å²) in [6, 6.07) is 16.0. The third kappa shape index (κ3) is 2.30. The van der Waals surface area contributed by atoms with Gasteiger partial charge in [-0.2, -0.15) is 0 Å². The van der Waals surface area contributed by atoms with Crippen molar-refractivity contribution in [3.8, 4) is 0 Å². The van der Waals surface area contributed by atoms with E-state index in [1.54, 1.807) is 11.1 Å². The molecular weight excluding hydrogens is 254 g/mol. The summed E-state index contributed by atoms with van der Waals surface area (Å²) in [7, 11) is 0. The summed E-state index contributed by atoms with van der Waals surface area (Å²) >= 11 is 0. The first kappa shape index (κ1) is 13.1. The van der Waals surface area contributed by atoms with Crippen molar-refractivity contribution >= 4 is 0 Å². The van der Waals surface area contributed by atoms with E-state index >= 15 is 0 Å². The highest BCUT2D eigenvalue weighted by Crippen LogP contribution is 2.39. The molecule has 4 rings (SSSR count). The standard InChI is InChI=1S/C20H23N/c21-14-20(12-18-4-1-2-5-19(18)13-20)11-15-8-9-16-6-3-7-17(16)10-15/h1-2,4-5,8-10H,3,6-7,11-14,21H2. The fraction of sp³-hybridized carbons (Fsp3) is 0.400. The van der Waals surface area contributed by atoms with Crippen LogP contribution < -0.4 is 5.73 Å². The van der Waals surface area contributed by atoms with Crippen molar-refractivity contribution in [2.75, 3.05) is 6.54 Å². The van der Waals surface area contributed by atoms with Crippen molar-refractivity contribution < 1.29 is 0 Å². The highest BCUT2D eigenvalue weighted by molar-refractivity contribution is 5.38. The zero-order valence-electron chi connectivity index (χ0n) is 12.6. The van der Waals surface area contributed by atoms with Crippen LogP contribution in [0.5, 0.6) is 0 Å². The molecule has 2 aliphatic carbocycles. The second kappa shape index (κ2) is 4.99. The van der Waals surface area contributed by atoms with Gasteiger partial charge in [-0.3, -0.25) is 0 Å². The van der Waals surface area contributed by atoms with E-state index in [0.29, 0.717) is 0 Å². The largest absolute Gasteiger partial charge is 0.330 e. The first-order chi connectivity index (χ1) is 10.3. The van der Waals surface area contributed by atoms with Crippen molar-refractivity contribution in [3.05, 3.63) is 70.3 Å². The second-order valence-corrected chi connectivity index (χ2v) is 6.96. The van der Waals surface area contributed by atoms with Crippen LogP contribution in [0.2, 0.25) is 0 Å². The number of hydrogen-bond acceptors (Lipinski definition) is 1. The van der Waals surface area contributed by atoms with Crippen molar-refractivity contribution in [1.82, 2.24) is 0 Å². The van der Waals surface area contributed by atoms with Gasteiger partial charge in [0.2, 0.25) is 0 Å². The highest BCUT2D eigenvalue weighted by atomic mass is 14.6. The SMILES string of the molecule is NCC1(Cc2ccc3c(c2)CCC3)Cc2ccccc2C1. The molecule has 1 heteroatoms. The van der Waals surface area contributed by atoms with Crippen LogP contribution in [-0.4, -0.2) is 6.54 Å². The maximum absolute atomic E-state index is 6.21. The van der Waals surface area contributed by atoms with Crippen LogP contribution in [0.15, 0.2) is 42.5 Å². The minimum atomic E-state index is 0.233. The molecular formula is C20H23N. The lowest BCUT2D eigenvalue weighted by molar-refractivity contribution is 0.315. The molecule has 0 amide bonds. The highest BCUT2D eigenvalue weighted by Gasteiger charge is 2.36.